The van der Waals surface area contributed by atoms with Crippen molar-refractivity contribution in [3.05, 3.63) is 30.1 Å². The summed E-state index contributed by atoms with van der Waals surface area (Å²) < 4.78 is 0. The highest BCUT2D eigenvalue weighted by Gasteiger charge is 1.95. The van der Waals surface area contributed by atoms with Gasteiger partial charge in [-0.2, -0.15) is 0 Å². The number of nitrogens with one attached hydrogen (secondary N) is 1. The van der Waals surface area contributed by atoms with Gasteiger partial charge < -0.3 is 5.32 Å². The summed E-state index contributed by atoms with van der Waals surface area (Å²) in [7, 11) is 0. The van der Waals surface area contributed by atoms with Gasteiger partial charge in [-0.15, -0.1) is 11.6 Å². The molecule has 1 heterocycles. The number of rotatable bonds is 6. The molecule has 1 atom stereocenters. The second-order valence-electron chi connectivity index (χ2n) is 3.46. The van der Waals surface area contributed by atoms with Crippen LogP contribution in [0.2, 0.25) is 0 Å². The van der Waals surface area contributed by atoms with Gasteiger partial charge in [0.25, 0.3) is 0 Å². The van der Waals surface area contributed by atoms with Crippen LogP contribution >= 0.6 is 11.6 Å². The van der Waals surface area contributed by atoms with Crippen LogP contribution in [0.5, 0.6) is 0 Å². The Labute approximate surface area is 90.7 Å². The molecular weight excluding hydrogens is 196 g/mol. The topological polar surface area (TPSA) is 24.9 Å². The summed E-state index contributed by atoms with van der Waals surface area (Å²) in [6.45, 7) is 3.98. The minimum Gasteiger partial charge on any atom is -0.313 e. The summed E-state index contributed by atoms with van der Waals surface area (Å²) >= 11 is 5.84. The molecule has 1 aromatic heterocycles. The van der Waals surface area contributed by atoms with E-state index >= 15 is 0 Å². The summed E-state index contributed by atoms with van der Waals surface area (Å²) in [6.07, 6.45) is 5.84. The van der Waals surface area contributed by atoms with E-state index in [2.05, 4.69) is 10.3 Å². The number of halogens is 1. The van der Waals surface area contributed by atoms with E-state index in [1.807, 2.05) is 31.5 Å². The van der Waals surface area contributed by atoms with Gasteiger partial charge >= 0.3 is 0 Å². The molecule has 0 amide bonds. The first-order valence-corrected chi connectivity index (χ1v) is 5.46. The Kier molecular flexibility index (Phi) is 5.57. The molecule has 0 aliphatic carbocycles. The summed E-state index contributed by atoms with van der Waals surface area (Å²) in [5.74, 6) is 0. The molecule has 1 aromatic rings. The predicted octanol–water partition coefficient (Wildman–Crippen LogP) is 2.58. The van der Waals surface area contributed by atoms with Crippen molar-refractivity contribution >= 4 is 11.6 Å². The molecule has 0 saturated carbocycles. The van der Waals surface area contributed by atoms with Crippen molar-refractivity contribution in [1.29, 1.82) is 0 Å². The number of hydrogen-bond acceptors (Lipinski definition) is 2. The molecule has 0 fully saturated rings. The lowest BCUT2D eigenvalue weighted by atomic mass is 10.2. The summed E-state index contributed by atoms with van der Waals surface area (Å²) in [4.78, 5) is 3.97. The predicted molar refractivity (Wildman–Crippen MR) is 60.5 cm³/mol. The molecule has 1 N–H and O–H groups in total. The van der Waals surface area contributed by atoms with Gasteiger partial charge in [0.2, 0.25) is 0 Å². The van der Waals surface area contributed by atoms with E-state index < -0.39 is 0 Å². The maximum Gasteiger partial charge on any atom is 0.0308 e. The van der Waals surface area contributed by atoms with Crippen molar-refractivity contribution in [1.82, 2.24) is 10.3 Å². The fourth-order valence-electron chi connectivity index (χ4n) is 1.24. The zero-order chi connectivity index (χ0) is 10.2. The highest BCUT2D eigenvalue weighted by Crippen LogP contribution is 2.02. The number of hydrogen-bond donors (Lipinski definition) is 1. The average molecular weight is 213 g/mol. The zero-order valence-corrected chi connectivity index (χ0v) is 9.30. The first kappa shape index (κ1) is 11.5. The van der Waals surface area contributed by atoms with Gasteiger partial charge in [-0.3, -0.25) is 4.98 Å². The van der Waals surface area contributed by atoms with Crippen molar-refractivity contribution in [2.24, 2.45) is 0 Å². The molecule has 1 rings (SSSR count). The van der Waals surface area contributed by atoms with Gasteiger partial charge in [-0.1, -0.05) is 0 Å². The molecule has 14 heavy (non-hydrogen) atoms. The first-order valence-electron chi connectivity index (χ1n) is 5.02. The van der Waals surface area contributed by atoms with Crippen LogP contribution in [-0.2, 0) is 6.54 Å². The van der Waals surface area contributed by atoms with Crippen LogP contribution in [0.25, 0.3) is 0 Å². The molecule has 0 bridgehead atoms. The highest BCUT2D eigenvalue weighted by molar-refractivity contribution is 6.20. The van der Waals surface area contributed by atoms with Crippen LogP contribution in [0.15, 0.2) is 24.5 Å². The van der Waals surface area contributed by atoms with Crippen LogP contribution in [-0.4, -0.2) is 16.9 Å². The third-order valence-electron chi connectivity index (χ3n) is 2.03. The van der Waals surface area contributed by atoms with Crippen molar-refractivity contribution in [2.75, 3.05) is 6.54 Å². The van der Waals surface area contributed by atoms with Crippen molar-refractivity contribution in [3.63, 3.8) is 0 Å². The fraction of sp³-hybridized carbons (Fsp3) is 0.545. The molecule has 3 heteroatoms. The number of aromatic nitrogens is 1. The Balaban J connectivity index is 2.05. The van der Waals surface area contributed by atoms with Crippen LogP contribution in [0.4, 0.5) is 0 Å². The zero-order valence-electron chi connectivity index (χ0n) is 8.54. The SMILES string of the molecule is CC(Cl)CCCNCc1ccncc1. The van der Waals surface area contributed by atoms with Gasteiger partial charge in [0.05, 0.1) is 0 Å². The summed E-state index contributed by atoms with van der Waals surface area (Å²) in [5.41, 5.74) is 1.28. The Bertz CT molecular complexity index is 236. The third-order valence-corrected chi connectivity index (χ3v) is 2.25. The third kappa shape index (κ3) is 5.20. The molecule has 0 aromatic carbocycles. The lowest BCUT2D eigenvalue weighted by Gasteiger charge is -2.05. The summed E-state index contributed by atoms with van der Waals surface area (Å²) in [6, 6.07) is 4.05. The Morgan fingerprint density at radius 3 is 2.79 bits per heavy atom. The number of pyridine rings is 1. The molecule has 0 radical (unpaired) electrons. The van der Waals surface area contributed by atoms with E-state index in [0.29, 0.717) is 0 Å². The molecular formula is C11H17ClN2. The van der Waals surface area contributed by atoms with Gasteiger partial charge in [-0.25, -0.2) is 0 Å². The van der Waals surface area contributed by atoms with E-state index in [1.54, 1.807) is 0 Å². The normalized spacial score (nSPS) is 12.7. The highest BCUT2D eigenvalue weighted by atomic mass is 35.5. The quantitative estimate of drug-likeness (QED) is 0.579. The number of alkyl halides is 1. The van der Waals surface area contributed by atoms with Crippen molar-refractivity contribution in [3.8, 4) is 0 Å². The second kappa shape index (κ2) is 6.80. The molecule has 0 spiro atoms. The van der Waals surface area contributed by atoms with Gasteiger partial charge in [0, 0.05) is 24.3 Å². The van der Waals surface area contributed by atoms with E-state index in [-0.39, 0.29) is 5.38 Å². The minimum absolute atomic E-state index is 0.290. The molecule has 0 aliphatic rings. The average Bonchev–Trinajstić information content (AvgIpc) is 2.18. The van der Waals surface area contributed by atoms with E-state index in [4.69, 9.17) is 11.6 Å². The Morgan fingerprint density at radius 1 is 1.43 bits per heavy atom. The van der Waals surface area contributed by atoms with Gasteiger partial charge in [-0.05, 0) is 44.0 Å². The molecule has 0 aliphatic heterocycles. The van der Waals surface area contributed by atoms with E-state index in [9.17, 15) is 0 Å². The maximum absolute atomic E-state index is 5.84. The van der Waals surface area contributed by atoms with Crippen molar-refractivity contribution < 1.29 is 0 Å². The number of nitrogens with zero attached hydrogens (tertiary/aromatic N) is 1. The second-order valence-corrected chi connectivity index (χ2v) is 4.20. The molecule has 2 nitrogen and oxygen atoms in total. The van der Waals surface area contributed by atoms with Crippen LogP contribution in [0, 0.1) is 0 Å². The maximum atomic E-state index is 5.84. The summed E-state index contributed by atoms with van der Waals surface area (Å²) in [5, 5.41) is 3.66. The van der Waals surface area contributed by atoms with Gasteiger partial charge in [0.15, 0.2) is 0 Å². The first-order chi connectivity index (χ1) is 6.79. The van der Waals surface area contributed by atoms with Crippen molar-refractivity contribution in [2.45, 2.75) is 31.7 Å². The fourth-order valence-corrected chi connectivity index (χ4v) is 1.40. The van der Waals surface area contributed by atoms with Crippen LogP contribution < -0.4 is 5.32 Å². The van der Waals surface area contributed by atoms with Crippen LogP contribution in [0.3, 0.4) is 0 Å². The Hall–Kier alpha value is -0.600. The standard InChI is InChI=1S/C11H17ClN2/c1-10(12)3-2-6-14-9-11-4-7-13-8-5-11/h4-5,7-8,10,14H,2-3,6,9H2,1H3. The monoisotopic (exact) mass is 212 g/mol. The van der Waals surface area contributed by atoms with Gasteiger partial charge in [0.1, 0.15) is 0 Å². The molecule has 1 unspecified atom stereocenters. The Morgan fingerprint density at radius 2 is 2.14 bits per heavy atom. The lowest BCUT2D eigenvalue weighted by Crippen LogP contribution is -2.15. The smallest absolute Gasteiger partial charge is 0.0308 e. The molecule has 78 valence electrons. The largest absolute Gasteiger partial charge is 0.313 e. The van der Waals surface area contributed by atoms with Crippen LogP contribution in [0.1, 0.15) is 25.3 Å². The molecule has 0 saturated heterocycles. The van der Waals surface area contributed by atoms with E-state index in [1.165, 1.54) is 5.56 Å². The minimum atomic E-state index is 0.290. The van der Waals surface area contributed by atoms with E-state index in [0.717, 1.165) is 25.9 Å². The lowest BCUT2D eigenvalue weighted by molar-refractivity contribution is 0.619.